The summed E-state index contributed by atoms with van der Waals surface area (Å²) in [5, 5.41) is 11.8. The van der Waals surface area contributed by atoms with Crippen molar-refractivity contribution in [1.82, 2.24) is 0 Å². The van der Waals surface area contributed by atoms with E-state index in [-0.39, 0.29) is 17.1 Å². The molecule has 5 nitrogen and oxygen atoms in total. The summed E-state index contributed by atoms with van der Waals surface area (Å²) < 4.78 is 36.4. The van der Waals surface area contributed by atoms with Crippen molar-refractivity contribution >= 4 is 21.2 Å². The van der Waals surface area contributed by atoms with Crippen LogP contribution in [0.15, 0.2) is 30.3 Å². The van der Waals surface area contributed by atoms with Gasteiger partial charge >= 0.3 is 10.4 Å². The number of fused-ring (bicyclic) bond motifs is 5. The lowest BCUT2D eigenvalue weighted by Crippen LogP contribution is -2.38. The maximum absolute atomic E-state index is 11.2. The molecule has 3 atom stereocenters. The van der Waals surface area contributed by atoms with E-state index in [9.17, 15) is 13.5 Å². The molecular weight excluding hydrogens is 328 g/mol. The van der Waals surface area contributed by atoms with Crippen LogP contribution in [0.5, 0.6) is 5.75 Å². The number of aromatic hydroxyl groups is 1. The van der Waals surface area contributed by atoms with Crippen molar-refractivity contribution in [2.45, 2.75) is 44.6 Å². The van der Waals surface area contributed by atoms with Crippen molar-refractivity contribution in [3.63, 3.8) is 0 Å². The van der Waals surface area contributed by atoms with E-state index in [2.05, 4.69) is 13.0 Å². The fourth-order valence-corrected chi connectivity index (χ4v) is 5.36. The van der Waals surface area contributed by atoms with Crippen molar-refractivity contribution in [2.24, 2.45) is 5.41 Å². The summed E-state index contributed by atoms with van der Waals surface area (Å²) in [5.74, 6) is 0.469. The molecule has 0 radical (unpaired) electrons. The van der Waals surface area contributed by atoms with Crippen molar-refractivity contribution in [3.05, 3.63) is 41.5 Å². The highest BCUT2D eigenvalue weighted by Gasteiger charge is 2.51. The summed E-state index contributed by atoms with van der Waals surface area (Å²) >= 11 is 0. The Morgan fingerprint density at radius 3 is 2.75 bits per heavy atom. The molecule has 1 saturated carbocycles. The zero-order chi connectivity index (χ0) is 17.1. The van der Waals surface area contributed by atoms with Gasteiger partial charge in [-0.3, -0.25) is 4.55 Å². The summed E-state index contributed by atoms with van der Waals surface area (Å²) in [6, 6.07) is 9.52. The average molecular weight is 348 g/mol. The third-order valence-electron chi connectivity index (χ3n) is 5.93. The number of hydrogen-bond acceptors (Lipinski definition) is 4. The number of rotatable bonds is 2. The predicted molar refractivity (Wildman–Crippen MR) is 90.4 cm³/mol. The molecule has 2 aromatic rings. The van der Waals surface area contributed by atoms with E-state index in [1.54, 1.807) is 12.1 Å². The lowest BCUT2D eigenvalue weighted by atomic mass is 9.65. The summed E-state index contributed by atoms with van der Waals surface area (Å²) in [6.45, 7) is 2.06. The molecule has 0 aliphatic heterocycles. The molecule has 2 aliphatic carbocycles. The fraction of sp³-hybridized carbons (Fsp3) is 0.444. The Bertz CT molecular complexity index is 920. The molecule has 1 fully saturated rings. The molecule has 128 valence electrons. The van der Waals surface area contributed by atoms with Crippen molar-refractivity contribution in [2.75, 3.05) is 0 Å². The first-order chi connectivity index (χ1) is 11.3. The van der Waals surface area contributed by atoms with Gasteiger partial charge in [0.05, 0.1) is 6.10 Å². The van der Waals surface area contributed by atoms with Crippen LogP contribution in [-0.4, -0.2) is 24.2 Å². The molecule has 4 rings (SSSR count). The van der Waals surface area contributed by atoms with Gasteiger partial charge in [-0.15, -0.1) is 0 Å². The normalized spacial score (nSPS) is 29.4. The molecule has 24 heavy (non-hydrogen) atoms. The Hall–Kier alpha value is -1.63. The first-order valence-electron chi connectivity index (χ1n) is 8.18. The SMILES string of the molecule is C[C@]12CCc3c(ccc4cc(O)ccc34)[C@@H]1CC[C@H]2OS(=O)(=O)O. The van der Waals surface area contributed by atoms with Gasteiger partial charge in [-0.05, 0) is 65.6 Å². The van der Waals surface area contributed by atoms with Gasteiger partial charge < -0.3 is 5.11 Å². The Morgan fingerprint density at radius 2 is 2.00 bits per heavy atom. The molecule has 2 aliphatic rings. The second-order valence-electron chi connectivity index (χ2n) is 7.19. The standard InChI is InChI=1S/C18H20O5S/c1-18-9-8-14-13-5-3-12(19)10-11(13)2-4-15(14)16(18)6-7-17(18)23-24(20,21)22/h2-5,10,16-17,19H,6-9H2,1H3,(H,20,21,22)/t16-,17+,18-/m0/s1. The largest absolute Gasteiger partial charge is 0.508 e. The van der Waals surface area contributed by atoms with Crippen molar-refractivity contribution in [1.29, 1.82) is 0 Å². The van der Waals surface area contributed by atoms with Gasteiger partial charge in [-0.2, -0.15) is 8.42 Å². The molecule has 2 N–H and O–H groups in total. The van der Waals surface area contributed by atoms with E-state index in [4.69, 9.17) is 8.74 Å². The summed E-state index contributed by atoms with van der Waals surface area (Å²) in [7, 11) is -4.44. The van der Waals surface area contributed by atoms with Gasteiger partial charge in [0.15, 0.2) is 0 Å². The highest BCUT2D eigenvalue weighted by Crippen LogP contribution is 2.57. The van der Waals surface area contributed by atoms with Gasteiger partial charge in [-0.25, -0.2) is 4.18 Å². The van der Waals surface area contributed by atoms with Crippen LogP contribution in [0.3, 0.4) is 0 Å². The van der Waals surface area contributed by atoms with E-state index in [0.717, 1.165) is 30.0 Å². The van der Waals surface area contributed by atoms with Gasteiger partial charge in [-0.1, -0.05) is 25.1 Å². The fourth-order valence-electron chi connectivity index (χ4n) is 4.75. The maximum Gasteiger partial charge on any atom is 0.397 e. The summed E-state index contributed by atoms with van der Waals surface area (Å²) in [5.41, 5.74) is 2.22. The van der Waals surface area contributed by atoms with E-state index in [1.165, 1.54) is 11.1 Å². The monoisotopic (exact) mass is 348 g/mol. The molecule has 0 spiro atoms. The molecule has 0 bridgehead atoms. The number of aryl methyl sites for hydroxylation is 1. The zero-order valence-electron chi connectivity index (χ0n) is 13.4. The lowest BCUT2D eigenvalue weighted by Gasteiger charge is -2.41. The maximum atomic E-state index is 11.2. The van der Waals surface area contributed by atoms with Gasteiger partial charge in [0.25, 0.3) is 0 Å². The molecule has 6 heteroatoms. The van der Waals surface area contributed by atoms with Crippen LogP contribution < -0.4 is 0 Å². The number of phenolic OH excluding ortho intramolecular Hbond substituents is 1. The molecule has 0 saturated heterocycles. The van der Waals surface area contributed by atoms with E-state index >= 15 is 0 Å². The topological polar surface area (TPSA) is 83.8 Å². The van der Waals surface area contributed by atoms with Crippen LogP contribution >= 0.6 is 0 Å². The molecule has 0 amide bonds. The Balaban J connectivity index is 1.79. The van der Waals surface area contributed by atoms with Crippen LogP contribution in [0.25, 0.3) is 10.8 Å². The smallest absolute Gasteiger partial charge is 0.397 e. The highest BCUT2D eigenvalue weighted by atomic mass is 32.3. The van der Waals surface area contributed by atoms with Crippen LogP contribution in [0.2, 0.25) is 0 Å². The minimum atomic E-state index is -4.44. The molecule has 0 heterocycles. The quantitative estimate of drug-likeness (QED) is 0.811. The zero-order valence-corrected chi connectivity index (χ0v) is 14.2. The van der Waals surface area contributed by atoms with E-state index in [1.807, 2.05) is 12.1 Å². The van der Waals surface area contributed by atoms with Gasteiger partial charge in [0.2, 0.25) is 0 Å². The first kappa shape index (κ1) is 15.9. The lowest BCUT2D eigenvalue weighted by molar-refractivity contribution is 0.0613. The van der Waals surface area contributed by atoms with Crippen molar-refractivity contribution < 1.29 is 22.3 Å². The van der Waals surface area contributed by atoms with Gasteiger partial charge in [0.1, 0.15) is 5.75 Å². The Morgan fingerprint density at radius 1 is 1.21 bits per heavy atom. The minimum Gasteiger partial charge on any atom is -0.508 e. The van der Waals surface area contributed by atoms with Crippen molar-refractivity contribution in [3.8, 4) is 5.75 Å². The van der Waals surface area contributed by atoms with Crippen LogP contribution in [0, 0.1) is 5.41 Å². The number of benzene rings is 2. The van der Waals surface area contributed by atoms with Crippen LogP contribution in [-0.2, 0) is 21.0 Å². The second kappa shape index (κ2) is 5.18. The summed E-state index contributed by atoms with van der Waals surface area (Å²) in [6.07, 6.45) is 2.61. The molecule has 0 aromatic heterocycles. The minimum absolute atomic E-state index is 0.214. The van der Waals surface area contributed by atoms with Crippen LogP contribution in [0.4, 0.5) is 0 Å². The second-order valence-corrected chi connectivity index (χ2v) is 8.24. The third-order valence-corrected chi connectivity index (χ3v) is 6.40. The van der Waals surface area contributed by atoms with E-state index < -0.39 is 16.5 Å². The average Bonchev–Trinajstić information content (AvgIpc) is 2.82. The Kier molecular flexibility index (Phi) is 3.43. The van der Waals surface area contributed by atoms with Gasteiger partial charge in [0, 0.05) is 5.41 Å². The number of hydrogen-bond donors (Lipinski definition) is 2. The molecule has 2 aromatic carbocycles. The third kappa shape index (κ3) is 2.41. The molecule has 0 unspecified atom stereocenters. The first-order valence-corrected chi connectivity index (χ1v) is 9.55. The van der Waals surface area contributed by atoms with Crippen LogP contribution in [0.1, 0.15) is 43.2 Å². The molecular formula is C18H20O5S. The Labute approximate surface area is 141 Å². The van der Waals surface area contributed by atoms with E-state index in [0.29, 0.717) is 6.42 Å². The highest BCUT2D eigenvalue weighted by molar-refractivity contribution is 7.80. The summed E-state index contributed by atoms with van der Waals surface area (Å²) in [4.78, 5) is 0. The predicted octanol–water partition coefficient (Wildman–Crippen LogP) is 3.56. The number of phenols is 1.